The molecule has 1 aliphatic heterocycles. The van der Waals surface area contributed by atoms with Crippen molar-refractivity contribution in [2.45, 2.75) is 0 Å². The van der Waals surface area contributed by atoms with E-state index in [4.69, 9.17) is 0 Å². The van der Waals surface area contributed by atoms with E-state index in [1.807, 2.05) is 37.0 Å². The second kappa shape index (κ2) is 5.03. The topological polar surface area (TPSA) is 15.6 Å². The second-order valence-electron chi connectivity index (χ2n) is 3.27. The smallest absolute Gasteiger partial charge is 0.163 e. The lowest BCUT2D eigenvalue weighted by Gasteiger charge is -2.10. The van der Waals surface area contributed by atoms with Gasteiger partial charge in [0.05, 0.1) is 0 Å². The molecular weight excluding hydrogens is 204 g/mol. The maximum absolute atomic E-state index is 4.24. The third kappa shape index (κ3) is 2.63. The Labute approximate surface area is 94.7 Å². The van der Waals surface area contributed by atoms with Crippen molar-refractivity contribution < 1.29 is 0 Å². The van der Waals surface area contributed by atoms with E-state index >= 15 is 0 Å². The SMILES string of the molecule is CN=C1SCCN1/C=C/c1ccccc1. The summed E-state index contributed by atoms with van der Waals surface area (Å²) in [6, 6.07) is 10.3. The van der Waals surface area contributed by atoms with Crippen molar-refractivity contribution >= 4 is 23.0 Å². The molecule has 15 heavy (non-hydrogen) atoms. The molecule has 1 aromatic rings. The summed E-state index contributed by atoms with van der Waals surface area (Å²) >= 11 is 1.81. The molecule has 0 saturated carbocycles. The van der Waals surface area contributed by atoms with Gasteiger partial charge in [0.2, 0.25) is 0 Å². The Morgan fingerprint density at radius 3 is 2.87 bits per heavy atom. The van der Waals surface area contributed by atoms with E-state index in [0.29, 0.717) is 0 Å². The van der Waals surface area contributed by atoms with E-state index in [1.54, 1.807) is 0 Å². The van der Waals surface area contributed by atoms with Gasteiger partial charge < -0.3 is 4.90 Å². The molecule has 1 aromatic carbocycles. The summed E-state index contributed by atoms with van der Waals surface area (Å²) in [7, 11) is 1.84. The van der Waals surface area contributed by atoms with Crippen LogP contribution in [0.1, 0.15) is 5.56 Å². The summed E-state index contributed by atoms with van der Waals surface area (Å²) in [5, 5.41) is 1.11. The molecule has 78 valence electrons. The quantitative estimate of drug-likeness (QED) is 0.758. The molecule has 0 N–H and O–H groups in total. The first-order valence-corrected chi connectivity index (χ1v) is 5.98. The third-order valence-corrected chi connectivity index (χ3v) is 3.31. The largest absolute Gasteiger partial charge is 0.327 e. The van der Waals surface area contributed by atoms with Crippen molar-refractivity contribution in [3.8, 4) is 0 Å². The number of hydrogen-bond donors (Lipinski definition) is 0. The minimum atomic E-state index is 1.06. The first-order valence-electron chi connectivity index (χ1n) is 4.99. The highest BCUT2D eigenvalue weighted by molar-refractivity contribution is 8.14. The van der Waals surface area contributed by atoms with Gasteiger partial charge in [0.25, 0.3) is 0 Å². The predicted octanol–water partition coefficient (Wildman–Crippen LogP) is 2.69. The highest BCUT2D eigenvalue weighted by Crippen LogP contribution is 2.18. The zero-order valence-corrected chi connectivity index (χ0v) is 9.57. The van der Waals surface area contributed by atoms with Crippen molar-refractivity contribution in [1.82, 2.24) is 4.90 Å². The zero-order valence-electron chi connectivity index (χ0n) is 8.76. The monoisotopic (exact) mass is 218 g/mol. The van der Waals surface area contributed by atoms with Gasteiger partial charge in [0.1, 0.15) is 0 Å². The molecule has 0 aliphatic carbocycles. The Morgan fingerprint density at radius 1 is 1.33 bits per heavy atom. The summed E-state index contributed by atoms with van der Waals surface area (Å²) in [5.74, 6) is 1.13. The highest BCUT2D eigenvalue weighted by Gasteiger charge is 2.15. The van der Waals surface area contributed by atoms with Gasteiger partial charge in [-0.2, -0.15) is 0 Å². The average Bonchev–Trinajstić information content (AvgIpc) is 2.75. The van der Waals surface area contributed by atoms with Gasteiger partial charge >= 0.3 is 0 Å². The Morgan fingerprint density at radius 2 is 2.13 bits per heavy atom. The number of rotatable bonds is 2. The van der Waals surface area contributed by atoms with Gasteiger partial charge in [0.15, 0.2) is 5.17 Å². The van der Waals surface area contributed by atoms with Gasteiger partial charge in [-0.1, -0.05) is 42.1 Å². The third-order valence-electron chi connectivity index (χ3n) is 2.25. The van der Waals surface area contributed by atoms with Crippen LogP contribution in [0.2, 0.25) is 0 Å². The van der Waals surface area contributed by atoms with Crippen LogP contribution in [0, 0.1) is 0 Å². The lowest BCUT2D eigenvalue weighted by molar-refractivity contribution is 0.623. The minimum Gasteiger partial charge on any atom is -0.327 e. The number of aliphatic imine (C=N–C) groups is 1. The summed E-state index contributed by atoms with van der Waals surface area (Å²) < 4.78 is 0. The van der Waals surface area contributed by atoms with Crippen LogP contribution in [-0.4, -0.2) is 29.4 Å². The average molecular weight is 218 g/mol. The Hall–Kier alpha value is -1.22. The van der Waals surface area contributed by atoms with Gasteiger partial charge in [0, 0.05) is 25.5 Å². The molecule has 1 fully saturated rings. The highest BCUT2D eigenvalue weighted by atomic mass is 32.2. The van der Waals surface area contributed by atoms with Crippen molar-refractivity contribution in [1.29, 1.82) is 0 Å². The van der Waals surface area contributed by atoms with E-state index in [1.165, 1.54) is 5.56 Å². The van der Waals surface area contributed by atoms with Crippen molar-refractivity contribution in [3.63, 3.8) is 0 Å². The standard InChI is InChI=1S/C12H14N2S/c1-13-12-14(9-10-15-12)8-7-11-5-3-2-4-6-11/h2-8H,9-10H2,1H3/b8-7+,13-12?. The van der Waals surface area contributed by atoms with E-state index in [9.17, 15) is 0 Å². The molecule has 0 unspecified atom stereocenters. The summed E-state index contributed by atoms with van der Waals surface area (Å²) in [6.45, 7) is 1.06. The molecule has 1 aliphatic rings. The fourth-order valence-electron chi connectivity index (χ4n) is 1.49. The van der Waals surface area contributed by atoms with E-state index < -0.39 is 0 Å². The van der Waals surface area contributed by atoms with E-state index in [2.05, 4.69) is 34.3 Å². The molecule has 0 amide bonds. The molecule has 1 heterocycles. The van der Waals surface area contributed by atoms with Crippen LogP contribution in [-0.2, 0) is 0 Å². The lowest BCUT2D eigenvalue weighted by atomic mass is 10.2. The summed E-state index contributed by atoms with van der Waals surface area (Å²) in [4.78, 5) is 6.43. The number of thioether (sulfide) groups is 1. The lowest BCUT2D eigenvalue weighted by Crippen LogP contribution is -2.16. The fourth-order valence-corrected chi connectivity index (χ4v) is 2.40. The maximum atomic E-state index is 4.24. The Kier molecular flexibility index (Phi) is 3.45. The Balaban J connectivity index is 2.06. The van der Waals surface area contributed by atoms with Crippen LogP contribution in [0.15, 0.2) is 41.5 Å². The first kappa shape index (κ1) is 10.3. The summed E-state index contributed by atoms with van der Waals surface area (Å²) in [6.07, 6.45) is 4.23. The van der Waals surface area contributed by atoms with Crippen molar-refractivity contribution in [2.24, 2.45) is 4.99 Å². The maximum Gasteiger partial charge on any atom is 0.163 e. The molecule has 2 rings (SSSR count). The van der Waals surface area contributed by atoms with Gasteiger partial charge in [-0.3, -0.25) is 4.99 Å². The van der Waals surface area contributed by atoms with Crippen LogP contribution in [0.3, 0.4) is 0 Å². The van der Waals surface area contributed by atoms with Gasteiger partial charge in [-0.05, 0) is 11.6 Å². The fraction of sp³-hybridized carbons (Fsp3) is 0.250. The second-order valence-corrected chi connectivity index (χ2v) is 4.34. The summed E-state index contributed by atoms with van der Waals surface area (Å²) in [5.41, 5.74) is 1.23. The molecule has 0 radical (unpaired) electrons. The minimum absolute atomic E-state index is 1.06. The first-order chi connectivity index (χ1) is 7.40. The normalized spacial score (nSPS) is 19.3. The molecule has 1 saturated heterocycles. The molecule has 0 bridgehead atoms. The van der Waals surface area contributed by atoms with Crippen LogP contribution in [0.4, 0.5) is 0 Å². The zero-order chi connectivity index (χ0) is 10.5. The van der Waals surface area contributed by atoms with E-state index in [-0.39, 0.29) is 0 Å². The van der Waals surface area contributed by atoms with Crippen LogP contribution in [0.5, 0.6) is 0 Å². The van der Waals surface area contributed by atoms with Crippen molar-refractivity contribution in [3.05, 3.63) is 42.1 Å². The predicted molar refractivity (Wildman–Crippen MR) is 68.0 cm³/mol. The molecule has 3 heteroatoms. The van der Waals surface area contributed by atoms with Crippen molar-refractivity contribution in [2.75, 3.05) is 19.3 Å². The number of amidine groups is 1. The number of benzene rings is 1. The molecule has 0 aromatic heterocycles. The van der Waals surface area contributed by atoms with Crippen LogP contribution >= 0.6 is 11.8 Å². The van der Waals surface area contributed by atoms with Gasteiger partial charge in [-0.15, -0.1) is 0 Å². The number of nitrogens with zero attached hydrogens (tertiary/aromatic N) is 2. The number of hydrogen-bond acceptors (Lipinski definition) is 2. The molecule has 0 spiro atoms. The Bertz CT molecular complexity index is 370. The molecule has 0 atom stereocenters. The molecule has 2 nitrogen and oxygen atoms in total. The molecular formula is C12H14N2S. The van der Waals surface area contributed by atoms with E-state index in [0.717, 1.165) is 17.5 Å². The van der Waals surface area contributed by atoms with Crippen LogP contribution in [0.25, 0.3) is 6.08 Å². The van der Waals surface area contributed by atoms with Gasteiger partial charge in [-0.25, -0.2) is 0 Å². The van der Waals surface area contributed by atoms with Crippen LogP contribution < -0.4 is 0 Å².